The van der Waals surface area contributed by atoms with Crippen LogP contribution in [0.4, 0.5) is 4.39 Å². The number of aromatic hydroxyl groups is 1. The Balaban J connectivity index is 2.32. The molecule has 0 radical (unpaired) electrons. The fourth-order valence-corrected chi connectivity index (χ4v) is 3.13. The van der Waals surface area contributed by atoms with Gasteiger partial charge in [-0.2, -0.15) is 0 Å². The van der Waals surface area contributed by atoms with E-state index in [4.69, 9.17) is 9.31 Å². The highest BCUT2D eigenvalue weighted by molar-refractivity contribution is 9.11. The molecule has 3 nitrogen and oxygen atoms in total. The van der Waals surface area contributed by atoms with E-state index in [0.29, 0.717) is 10.0 Å². The number of phenols is 1. The molecule has 1 aromatic rings. The van der Waals surface area contributed by atoms with E-state index in [1.807, 2.05) is 27.7 Å². The Kier molecular flexibility index (Phi) is 4.60. The highest BCUT2D eigenvalue weighted by Gasteiger charge is 2.53. The van der Waals surface area contributed by atoms with Gasteiger partial charge in [-0.3, -0.25) is 0 Å². The zero-order chi connectivity index (χ0) is 16.0. The molecule has 0 saturated carbocycles. The number of halogens is 3. The molecule has 2 rings (SSSR count). The molecule has 7 heteroatoms. The molecule has 0 spiro atoms. The summed E-state index contributed by atoms with van der Waals surface area (Å²) in [4.78, 5) is 0. The molecule has 1 fully saturated rings. The number of hydrogen-bond donors (Lipinski definition) is 1. The van der Waals surface area contributed by atoms with Crippen LogP contribution in [0, 0.1) is 0 Å². The average Bonchev–Trinajstić information content (AvgIpc) is 2.55. The fraction of sp³-hybridized carbons (Fsp3) is 0.429. The summed E-state index contributed by atoms with van der Waals surface area (Å²) in [6.07, 6.45) is 1.22. The molecular weight excluding hydrogens is 406 g/mol. The van der Waals surface area contributed by atoms with E-state index in [9.17, 15) is 9.50 Å². The van der Waals surface area contributed by atoms with Crippen molar-refractivity contribution in [3.05, 3.63) is 32.4 Å². The molecule has 114 valence electrons. The molecule has 0 bridgehead atoms. The minimum absolute atomic E-state index is 0.0372. The minimum atomic E-state index is -1.08. The lowest BCUT2D eigenvalue weighted by Gasteiger charge is -2.32. The summed E-state index contributed by atoms with van der Waals surface area (Å²) >= 11 is 6.51. The lowest BCUT2D eigenvalue weighted by atomic mass is 9.86. The number of phenolic OH excluding ortho intramolecular Hbond substituents is 1. The SMILES string of the molecule is CC1(C)OB(C(F)=Cc2cc(Br)cc(Br)c2O)OC1(C)C. The second-order valence-corrected chi connectivity index (χ2v) is 7.71. The highest BCUT2D eigenvalue weighted by Crippen LogP contribution is 2.40. The van der Waals surface area contributed by atoms with Crippen LogP contribution in [-0.4, -0.2) is 23.4 Å². The predicted molar refractivity (Wildman–Crippen MR) is 88.7 cm³/mol. The molecule has 1 saturated heterocycles. The summed E-state index contributed by atoms with van der Waals surface area (Å²) in [6.45, 7) is 7.42. The smallest absolute Gasteiger partial charge is 0.506 e. The van der Waals surface area contributed by atoms with Gasteiger partial charge < -0.3 is 14.4 Å². The van der Waals surface area contributed by atoms with E-state index in [-0.39, 0.29) is 5.75 Å². The molecule has 0 atom stereocenters. The van der Waals surface area contributed by atoms with Gasteiger partial charge in [-0.05, 0) is 61.8 Å². The van der Waals surface area contributed by atoms with Crippen LogP contribution in [0.3, 0.4) is 0 Å². The second-order valence-electron chi connectivity index (χ2n) is 5.94. The Morgan fingerprint density at radius 3 is 2.24 bits per heavy atom. The van der Waals surface area contributed by atoms with Gasteiger partial charge in [0.15, 0.2) is 0 Å². The van der Waals surface area contributed by atoms with E-state index in [0.717, 1.165) is 4.47 Å². The van der Waals surface area contributed by atoms with Crippen molar-refractivity contribution < 1.29 is 18.8 Å². The molecule has 0 aromatic heterocycles. The van der Waals surface area contributed by atoms with Crippen LogP contribution in [0.25, 0.3) is 6.08 Å². The maximum Gasteiger partial charge on any atom is 0.525 e. The Morgan fingerprint density at radius 1 is 1.19 bits per heavy atom. The van der Waals surface area contributed by atoms with Gasteiger partial charge in [0, 0.05) is 10.0 Å². The largest absolute Gasteiger partial charge is 0.525 e. The first-order valence-corrected chi connectivity index (χ1v) is 8.03. The Morgan fingerprint density at radius 2 is 1.71 bits per heavy atom. The summed E-state index contributed by atoms with van der Waals surface area (Å²) < 4.78 is 26.8. The van der Waals surface area contributed by atoms with E-state index in [2.05, 4.69) is 31.9 Å². The van der Waals surface area contributed by atoms with Gasteiger partial charge in [-0.1, -0.05) is 15.9 Å². The Labute approximate surface area is 140 Å². The summed E-state index contributed by atoms with van der Waals surface area (Å²) in [5.41, 5.74) is -1.47. The number of hydrogen-bond acceptors (Lipinski definition) is 3. The van der Waals surface area contributed by atoms with Gasteiger partial charge in [-0.15, -0.1) is 0 Å². The topological polar surface area (TPSA) is 38.7 Å². The minimum Gasteiger partial charge on any atom is -0.506 e. The van der Waals surface area contributed by atoms with Crippen LogP contribution in [0.2, 0.25) is 0 Å². The van der Waals surface area contributed by atoms with Gasteiger partial charge in [-0.25, -0.2) is 4.39 Å². The molecule has 1 heterocycles. The van der Waals surface area contributed by atoms with Crippen molar-refractivity contribution >= 4 is 45.1 Å². The Hall–Kier alpha value is -0.365. The third-order valence-corrected chi connectivity index (χ3v) is 4.89. The second kappa shape index (κ2) is 5.68. The first kappa shape index (κ1) is 17.0. The summed E-state index contributed by atoms with van der Waals surface area (Å²) in [6, 6.07) is 3.30. The molecule has 1 N–H and O–H groups in total. The summed E-state index contributed by atoms with van der Waals surface area (Å²) in [5, 5.41) is 9.96. The van der Waals surface area contributed by atoms with Crippen molar-refractivity contribution in [3.63, 3.8) is 0 Å². The van der Waals surface area contributed by atoms with Gasteiger partial charge in [0.1, 0.15) is 11.5 Å². The number of rotatable bonds is 2. The van der Waals surface area contributed by atoms with Crippen LogP contribution < -0.4 is 0 Å². The zero-order valence-corrected chi connectivity index (χ0v) is 15.4. The third-order valence-electron chi connectivity index (χ3n) is 3.83. The molecular formula is C14H16BBr2FO3. The summed E-state index contributed by atoms with van der Waals surface area (Å²) in [5.74, 6) is -0.0372. The van der Waals surface area contributed by atoms with E-state index in [1.54, 1.807) is 12.1 Å². The van der Waals surface area contributed by atoms with Crippen molar-refractivity contribution in [3.8, 4) is 5.75 Å². The summed E-state index contributed by atoms with van der Waals surface area (Å²) in [7, 11) is -1.08. The van der Waals surface area contributed by atoms with Crippen LogP contribution in [0.1, 0.15) is 33.3 Å². The van der Waals surface area contributed by atoms with Crippen LogP contribution in [0.5, 0.6) is 5.75 Å². The van der Waals surface area contributed by atoms with Gasteiger partial charge in [0.05, 0.1) is 15.7 Å². The standard InChI is InChI=1S/C14H16BBr2FO3/c1-13(2)14(3,4)21-15(20-13)11(18)6-8-5-9(16)7-10(17)12(8)19/h5-7,19H,1-4H3. The molecule has 0 amide bonds. The first-order valence-electron chi connectivity index (χ1n) is 6.44. The molecule has 21 heavy (non-hydrogen) atoms. The maximum atomic E-state index is 14.4. The van der Waals surface area contributed by atoms with E-state index >= 15 is 0 Å². The zero-order valence-electron chi connectivity index (χ0n) is 12.2. The molecule has 1 aromatic carbocycles. The quantitative estimate of drug-likeness (QED) is 0.693. The van der Waals surface area contributed by atoms with Crippen LogP contribution in [0.15, 0.2) is 26.8 Å². The fourth-order valence-electron chi connectivity index (χ4n) is 1.87. The molecule has 0 unspecified atom stereocenters. The van der Waals surface area contributed by atoms with Crippen molar-refractivity contribution in [1.29, 1.82) is 0 Å². The monoisotopic (exact) mass is 420 g/mol. The van der Waals surface area contributed by atoms with E-state index in [1.165, 1.54) is 6.08 Å². The third kappa shape index (κ3) is 3.36. The average molecular weight is 422 g/mol. The van der Waals surface area contributed by atoms with Crippen molar-refractivity contribution in [1.82, 2.24) is 0 Å². The highest BCUT2D eigenvalue weighted by atomic mass is 79.9. The van der Waals surface area contributed by atoms with Gasteiger partial charge in [0.25, 0.3) is 0 Å². The van der Waals surface area contributed by atoms with Crippen molar-refractivity contribution in [2.45, 2.75) is 38.9 Å². The molecule has 1 aliphatic rings. The maximum absolute atomic E-state index is 14.4. The predicted octanol–water partition coefficient (Wildman–Crippen LogP) is 4.86. The normalized spacial score (nSPS) is 20.9. The lowest BCUT2D eigenvalue weighted by Crippen LogP contribution is -2.41. The Bertz CT molecular complexity index is 586. The van der Waals surface area contributed by atoms with Crippen molar-refractivity contribution in [2.24, 2.45) is 0 Å². The van der Waals surface area contributed by atoms with Crippen LogP contribution in [-0.2, 0) is 9.31 Å². The lowest BCUT2D eigenvalue weighted by molar-refractivity contribution is 0.00578. The first-order chi connectivity index (χ1) is 9.53. The van der Waals surface area contributed by atoms with Crippen molar-refractivity contribution in [2.75, 3.05) is 0 Å². The van der Waals surface area contributed by atoms with Crippen LogP contribution >= 0.6 is 31.9 Å². The van der Waals surface area contributed by atoms with Gasteiger partial charge >= 0.3 is 7.12 Å². The van der Waals surface area contributed by atoms with E-state index < -0.39 is 24.0 Å². The van der Waals surface area contributed by atoms with Gasteiger partial charge in [0.2, 0.25) is 0 Å². The molecule has 0 aliphatic carbocycles. The number of benzene rings is 1. The molecule has 1 aliphatic heterocycles.